The van der Waals surface area contributed by atoms with E-state index in [1.54, 1.807) is 18.2 Å². The molecule has 158 valence electrons. The third-order valence-corrected chi connectivity index (χ3v) is 5.25. The lowest BCUT2D eigenvalue weighted by molar-refractivity contribution is -0.134. The van der Waals surface area contributed by atoms with Crippen LogP contribution in [0, 0.1) is 5.82 Å². The summed E-state index contributed by atoms with van der Waals surface area (Å²) in [5.41, 5.74) is 2.47. The highest BCUT2D eigenvalue weighted by molar-refractivity contribution is 6.03. The van der Waals surface area contributed by atoms with Crippen LogP contribution in [0.5, 0.6) is 11.5 Å². The zero-order valence-corrected chi connectivity index (χ0v) is 16.8. The van der Waals surface area contributed by atoms with Crippen LogP contribution in [0.25, 0.3) is 0 Å². The topological polar surface area (TPSA) is 60.4 Å². The number of hydrogen-bond acceptors (Lipinski definition) is 5. The highest BCUT2D eigenvalue weighted by Crippen LogP contribution is 2.30. The Labute approximate surface area is 175 Å². The normalized spacial score (nSPS) is 17.2. The predicted octanol–water partition coefficient (Wildman–Crippen LogP) is 3.92. The molecule has 2 aromatic rings. The first-order valence-electron chi connectivity index (χ1n) is 10.3. The minimum Gasteiger partial charge on any atom is -0.492 e. The second-order valence-electron chi connectivity index (χ2n) is 7.42. The van der Waals surface area contributed by atoms with Crippen LogP contribution >= 0.6 is 0 Å². The number of halogens is 1. The van der Waals surface area contributed by atoms with Crippen molar-refractivity contribution in [2.75, 3.05) is 26.3 Å². The first-order chi connectivity index (χ1) is 14.7. The van der Waals surface area contributed by atoms with Crippen molar-refractivity contribution >= 4 is 11.6 Å². The molecular weight excluding hydrogens is 387 g/mol. The maximum atomic E-state index is 13.0. The average Bonchev–Trinajstić information content (AvgIpc) is 2.79. The summed E-state index contributed by atoms with van der Waals surface area (Å²) in [7, 11) is 0. The Morgan fingerprint density at radius 1 is 1.10 bits per heavy atom. The molecular formula is C23H25FN2O4. The monoisotopic (exact) mass is 412 g/mol. The largest absolute Gasteiger partial charge is 0.492 e. The van der Waals surface area contributed by atoms with Gasteiger partial charge in [0.2, 0.25) is 0 Å². The van der Waals surface area contributed by atoms with Crippen molar-refractivity contribution in [3.05, 3.63) is 59.4 Å². The van der Waals surface area contributed by atoms with Crippen molar-refractivity contribution in [3.8, 4) is 11.5 Å². The van der Waals surface area contributed by atoms with Crippen LogP contribution in [-0.2, 0) is 16.2 Å². The molecule has 0 radical (unpaired) electrons. The summed E-state index contributed by atoms with van der Waals surface area (Å²) in [5.74, 6) is 0.991. The van der Waals surface area contributed by atoms with E-state index in [1.165, 1.54) is 18.6 Å². The van der Waals surface area contributed by atoms with E-state index in [0.717, 1.165) is 42.8 Å². The lowest BCUT2D eigenvalue weighted by Gasteiger charge is -2.26. The molecule has 0 saturated carbocycles. The summed E-state index contributed by atoms with van der Waals surface area (Å²) in [4.78, 5) is 19.6. The molecule has 2 aromatic carbocycles. The maximum Gasteiger partial charge on any atom is 0.260 e. The van der Waals surface area contributed by atoms with Gasteiger partial charge >= 0.3 is 0 Å². The minimum absolute atomic E-state index is 0.0183. The number of nitrogens with zero attached hydrogens (tertiary/aromatic N) is 2. The molecule has 1 fully saturated rings. The highest BCUT2D eigenvalue weighted by Gasteiger charge is 2.20. The smallest absolute Gasteiger partial charge is 0.260 e. The van der Waals surface area contributed by atoms with E-state index in [4.69, 9.17) is 14.3 Å². The van der Waals surface area contributed by atoms with E-state index in [0.29, 0.717) is 24.5 Å². The molecule has 0 unspecified atom stereocenters. The molecule has 1 amide bonds. The van der Waals surface area contributed by atoms with E-state index in [1.807, 2.05) is 17.0 Å². The van der Waals surface area contributed by atoms with Crippen LogP contribution in [0.2, 0.25) is 0 Å². The highest BCUT2D eigenvalue weighted by atomic mass is 19.1. The van der Waals surface area contributed by atoms with Crippen LogP contribution < -0.4 is 9.47 Å². The van der Waals surface area contributed by atoms with E-state index in [2.05, 4.69) is 5.16 Å². The van der Waals surface area contributed by atoms with Crippen molar-refractivity contribution in [3.63, 3.8) is 0 Å². The molecule has 1 saturated heterocycles. The fourth-order valence-electron chi connectivity index (χ4n) is 3.58. The molecule has 0 atom stereocenters. The average molecular weight is 412 g/mol. The summed E-state index contributed by atoms with van der Waals surface area (Å²) in [6.07, 6.45) is 3.93. The Morgan fingerprint density at radius 2 is 1.90 bits per heavy atom. The second-order valence-corrected chi connectivity index (χ2v) is 7.42. The third-order valence-electron chi connectivity index (χ3n) is 5.25. The number of carbonyl (C=O) groups excluding carboxylic acids is 1. The van der Waals surface area contributed by atoms with Gasteiger partial charge in [0.1, 0.15) is 23.9 Å². The van der Waals surface area contributed by atoms with Gasteiger partial charge in [0.25, 0.3) is 5.91 Å². The van der Waals surface area contributed by atoms with Crippen molar-refractivity contribution in [1.82, 2.24) is 4.90 Å². The van der Waals surface area contributed by atoms with E-state index >= 15 is 0 Å². The van der Waals surface area contributed by atoms with Gasteiger partial charge in [0, 0.05) is 31.1 Å². The SMILES string of the molecule is O=C(COc1ccc2c(c1)OCCC2=NOCc1ccc(F)cc1)N1CCCCC1. The Bertz CT molecular complexity index is 908. The number of ether oxygens (including phenoxy) is 2. The zero-order valence-electron chi connectivity index (χ0n) is 16.8. The van der Waals surface area contributed by atoms with Crippen LogP contribution in [0.15, 0.2) is 47.6 Å². The van der Waals surface area contributed by atoms with Crippen molar-refractivity contribution in [1.29, 1.82) is 0 Å². The number of rotatable bonds is 6. The molecule has 30 heavy (non-hydrogen) atoms. The number of amides is 1. The van der Waals surface area contributed by atoms with Crippen molar-refractivity contribution in [2.45, 2.75) is 32.3 Å². The lowest BCUT2D eigenvalue weighted by atomic mass is 10.0. The first kappa shape index (κ1) is 20.2. The summed E-state index contributed by atoms with van der Waals surface area (Å²) >= 11 is 0. The van der Waals surface area contributed by atoms with E-state index < -0.39 is 0 Å². The quantitative estimate of drug-likeness (QED) is 0.675. The van der Waals surface area contributed by atoms with Gasteiger partial charge in [-0.15, -0.1) is 0 Å². The van der Waals surface area contributed by atoms with Gasteiger partial charge in [-0.1, -0.05) is 17.3 Å². The molecule has 2 aliphatic rings. The molecule has 0 aromatic heterocycles. The number of likely N-dealkylation sites (tertiary alicyclic amines) is 1. The van der Waals surface area contributed by atoms with Gasteiger partial charge < -0.3 is 19.2 Å². The number of benzene rings is 2. The Morgan fingerprint density at radius 3 is 2.70 bits per heavy atom. The number of piperidine rings is 1. The Balaban J connectivity index is 1.35. The molecule has 0 aliphatic carbocycles. The number of hydrogen-bond donors (Lipinski definition) is 0. The van der Waals surface area contributed by atoms with Gasteiger partial charge in [-0.3, -0.25) is 4.79 Å². The number of fused-ring (bicyclic) bond motifs is 1. The van der Waals surface area contributed by atoms with Crippen LogP contribution in [0.4, 0.5) is 4.39 Å². The lowest BCUT2D eigenvalue weighted by Crippen LogP contribution is -2.38. The maximum absolute atomic E-state index is 13.0. The molecule has 0 N–H and O–H groups in total. The van der Waals surface area contributed by atoms with Crippen LogP contribution in [0.1, 0.15) is 36.8 Å². The number of carbonyl (C=O) groups is 1. The van der Waals surface area contributed by atoms with Gasteiger partial charge in [-0.05, 0) is 49.1 Å². The molecule has 7 heteroatoms. The molecule has 4 rings (SSSR count). The molecule has 2 heterocycles. The Kier molecular flexibility index (Phi) is 6.47. The van der Waals surface area contributed by atoms with Crippen molar-refractivity contribution < 1.29 is 23.5 Å². The predicted molar refractivity (Wildman–Crippen MR) is 110 cm³/mol. The van der Waals surface area contributed by atoms with E-state index in [9.17, 15) is 9.18 Å². The minimum atomic E-state index is -0.279. The van der Waals surface area contributed by atoms with Gasteiger partial charge in [-0.2, -0.15) is 0 Å². The molecule has 0 spiro atoms. The fraction of sp³-hybridized carbons (Fsp3) is 0.391. The van der Waals surface area contributed by atoms with Gasteiger partial charge in [-0.25, -0.2) is 4.39 Å². The summed E-state index contributed by atoms with van der Waals surface area (Å²) in [6.45, 7) is 2.41. The molecule has 6 nitrogen and oxygen atoms in total. The summed E-state index contributed by atoms with van der Waals surface area (Å²) < 4.78 is 24.4. The first-order valence-corrected chi connectivity index (χ1v) is 10.3. The van der Waals surface area contributed by atoms with Crippen molar-refractivity contribution in [2.24, 2.45) is 5.16 Å². The van der Waals surface area contributed by atoms with Gasteiger partial charge in [0.05, 0.1) is 12.3 Å². The third kappa shape index (κ3) is 5.09. The number of oxime groups is 1. The van der Waals surface area contributed by atoms with Crippen LogP contribution in [-0.4, -0.2) is 42.8 Å². The molecule has 0 bridgehead atoms. The molecule has 2 aliphatic heterocycles. The Hall–Kier alpha value is -3.09. The zero-order chi connectivity index (χ0) is 20.8. The standard InChI is InChI=1S/C23H25FN2O4/c24-18-6-4-17(5-7-18)15-30-25-21-10-13-28-22-14-19(8-9-20(21)22)29-16-23(27)26-11-2-1-3-12-26/h4-9,14H,1-3,10-13,15-16H2. The fourth-order valence-corrected chi connectivity index (χ4v) is 3.58. The second kappa shape index (κ2) is 9.61. The van der Waals surface area contributed by atoms with E-state index in [-0.39, 0.29) is 24.9 Å². The summed E-state index contributed by atoms with van der Waals surface area (Å²) in [6, 6.07) is 11.6. The summed E-state index contributed by atoms with van der Waals surface area (Å²) in [5, 5.41) is 4.25. The van der Waals surface area contributed by atoms with Gasteiger partial charge in [0.15, 0.2) is 6.61 Å². The van der Waals surface area contributed by atoms with Crippen LogP contribution in [0.3, 0.4) is 0 Å².